The van der Waals surface area contributed by atoms with Gasteiger partial charge in [-0.05, 0) is 28.7 Å². The van der Waals surface area contributed by atoms with Gasteiger partial charge >= 0.3 is 0 Å². The Labute approximate surface area is 65.4 Å². The average molecular weight is 240 g/mol. The minimum absolute atomic E-state index is 0.250. The predicted octanol–water partition coefficient (Wildman–Crippen LogP) is 0.715. The van der Waals surface area contributed by atoms with Crippen molar-refractivity contribution in [2.75, 3.05) is 0 Å². The second-order valence-corrected chi connectivity index (χ2v) is 2.11. The molecule has 0 aliphatic heterocycles. The summed E-state index contributed by atoms with van der Waals surface area (Å²) in [6.07, 6.45) is 1.79. The summed E-state index contributed by atoms with van der Waals surface area (Å²) in [5.41, 5.74) is 0. The summed E-state index contributed by atoms with van der Waals surface area (Å²) in [6, 6.07) is 1.90. The monoisotopic (exact) mass is 240 g/mol. The molecule has 1 aromatic heterocycles. The highest BCUT2D eigenvalue weighted by Crippen LogP contribution is 1.93. The van der Waals surface area contributed by atoms with Crippen molar-refractivity contribution in [3.8, 4) is 0 Å². The van der Waals surface area contributed by atoms with Gasteiger partial charge in [-0.1, -0.05) is 0 Å². The van der Waals surface area contributed by atoms with Crippen LogP contribution < -0.4 is 0 Å². The molecule has 0 unspecified atom stereocenters. The van der Waals surface area contributed by atoms with Gasteiger partial charge in [0.2, 0.25) is 0 Å². The third kappa shape index (κ3) is 5.28. The maximum atomic E-state index is 8.36. The molecule has 0 aliphatic rings. The van der Waals surface area contributed by atoms with Gasteiger partial charge in [0, 0.05) is 6.20 Å². The van der Waals surface area contributed by atoms with Gasteiger partial charge in [0.1, 0.15) is 3.70 Å². The van der Waals surface area contributed by atoms with Crippen molar-refractivity contribution in [2.24, 2.45) is 0 Å². The Morgan fingerprint density at radius 3 is 2.56 bits per heavy atom. The zero-order valence-corrected chi connectivity index (χ0v) is 6.57. The SMILES string of the molecule is Ic1cc[nH]n1.O=CO. The van der Waals surface area contributed by atoms with Gasteiger partial charge in [-0.15, -0.1) is 0 Å². The number of hydrogen-bond acceptors (Lipinski definition) is 2. The van der Waals surface area contributed by atoms with E-state index in [9.17, 15) is 0 Å². The Balaban J connectivity index is 0.000000187. The van der Waals surface area contributed by atoms with Crippen molar-refractivity contribution in [1.82, 2.24) is 10.2 Å². The van der Waals surface area contributed by atoms with Crippen LogP contribution in [-0.2, 0) is 4.79 Å². The number of aromatic amines is 1. The number of nitrogens with one attached hydrogen (secondary N) is 1. The summed E-state index contributed by atoms with van der Waals surface area (Å²) in [7, 11) is 0. The summed E-state index contributed by atoms with van der Waals surface area (Å²) in [4.78, 5) is 8.36. The van der Waals surface area contributed by atoms with Gasteiger partial charge in [0.05, 0.1) is 0 Å². The normalized spacial score (nSPS) is 7.22. The topological polar surface area (TPSA) is 66.0 Å². The van der Waals surface area contributed by atoms with E-state index in [2.05, 4.69) is 32.8 Å². The zero-order valence-electron chi connectivity index (χ0n) is 4.41. The lowest BCUT2D eigenvalue weighted by atomic mass is 10.8. The first-order valence-corrected chi connectivity index (χ1v) is 3.12. The first-order chi connectivity index (χ1) is 4.31. The molecule has 5 heteroatoms. The van der Waals surface area contributed by atoms with Gasteiger partial charge in [0.25, 0.3) is 6.47 Å². The van der Waals surface area contributed by atoms with Crippen LogP contribution in [0.4, 0.5) is 0 Å². The zero-order chi connectivity index (χ0) is 7.11. The molecule has 0 aromatic carbocycles. The minimum atomic E-state index is -0.250. The van der Waals surface area contributed by atoms with Crippen LogP contribution in [0.3, 0.4) is 0 Å². The second-order valence-electron chi connectivity index (χ2n) is 1.00. The van der Waals surface area contributed by atoms with Crippen molar-refractivity contribution in [3.05, 3.63) is 16.0 Å². The van der Waals surface area contributed by atoms with Gasteiger partial charge in [-0.3, -0.25) is 9.89 Å². The van der Waals surface area contributed by atoms with Crippen molar-refractivity contribution in [3.63, 3.8) is 0 Å². The van der Waals surface area contributed by atoms with Crippen LogP contribution in [0.2, 0.25) is 0 Å². The van der Waals surface area contributed by atoms with Crippen LogP contribution in [0.15, 0.2) is 12.3 Å². The van der Waals surface area contributed by atoms with E-state index in [0.717, 1.165) is 3.70 Å². The van der Waals surface area contributed by atoms with E-state index in [-0.39, 0.29) is 6.47 Å². The highest BCUT2D eigenvalue weighted by Gasteiger charge is 1.77. The average Bonchev–Trinajstić information content (AvgIpc) is 2.20. The minimum Gasteiger partial charge on any atom is -0.483 e. The maximum Gasteiger partial charge on any atom is 0.290 e. The smallest absolute Gasteiger partial charge is 0.290 e. The fraction of sp³-hybridized carbons (Fsp3) is 0. The molecule has 4 nitrogen and oxygen atoms in total. The van der Waals surface area contributed by atoms with E-state index in [4.69, 9.17) is 9.90 Å². The summed E-state index contributed by atoms with van der Waals surface area (Å²) in [5.74, 6) is 0. The molecule has 1 rings (SSSR count). The molecule has 2 N–H and O–H groups in total. The Kier molecular flexibility index (Phi) is 5.18. The lowest BCUT2D eigenvalue weighted by molar-refractivity contribution is -0.122. The molecule has 0 bridgehead atoms. The second kappa shape index (κ2) is 5.54. The van der Waals surface area contributed by atoms with Crippen molar-refractivity contribution >= 4 is 29.1 Å². The fourth-order valence-electron chi connectivity index (χ4n) is 0.242. The molecule has 1 heterocycles. The summed E-state index contributed by atoms with van der Waals surface area (Å²) in [5, 5.41) is 13.3. The van der Waals surface area contributed by atoms with E-state index in [1.54, 1.807) is 6.20 Å². The number of rotatable bonds is 0. The molecular formula is C4H5IN2O2. The first-order valence-electron chi connectivity index (χ1n) is 2.04. The molecular weight excluding hydrogens is 235 g/mol. The van der Waals surface area contributed by atoms with E-state index < -0.39 is 0 Å². The van der Waals surface area contributed by atoms with E-state index >= 15 is 0 Å². The van der Waals surface area contributed by atoms with Crippen LogP contribution in [-0.4, -0.2) is 21.8 Å². The van der Waals surface area contributed by atoms with Crippen LogP contribution in [0.25, 0.3) is 0 Å². The molecule has 0 spiro atoms. The quantitative estimate of drug-likeness (QED) is 0.518. The van der Waals surface area contributed by atoms with E-state index in [1.165, 1.54) is 0 Å². The molecule has 0 amide bonds. The molecule has 0 saturated heterocycles. The highest BCUT2D eigenvalue weighted by molar-refractivity contribution is 14.1. The first kappa shape index (κ1) is 8.41. The van der Waals surface area contributed by atoms with Crippen LogP contribution in [0.5, 0.6) is 0 Å². The summed E-state index contributed by atoms with van der Waals surface area (Å²) in [6.45, 7) is -0.250. The van der Waals surface area contributed by atoms with Crippen LogP contribution >= 0.6 is 22.6 Å². The van der Waals surface area contributed by atoms with Gasteiger partial charge in [0.15, 0.2) is 0 Å². The van der Waals surface area contributed by atoms with Crippen LogP contribution in [0, 0.1) is 3.70 Å². The Morgan fingerprint density at radius 2 is 2.44 bits per heavy atom. The highest BCUT2D eigenvalue weighted by atomic mass is 127. The Bertz CT molecular complexity index is 152. The number of hydrogen-bond donors (Lipinski definition) is 2. The van der Waals surface area contributed by atoms with Crippen LogP contribution in [0.1, 0.15) is 0 Å². The molecule has 1 aromatic rings. The van der Waals surface area contributed by atoms with Gasteiger partial charge < -0.3 is 5.11 Å². The summed E-state index contributed by atoms with van der Waals surface area (Å²) < 4.78 is 1.01. The molecule has 9 heavy (non-hydrogen) atoms. The van der Waals surface area contributed by atoms with Crippen molar-refractivity contribution in [1.29, 1.82) is 0 Å². The van der Waals surface area contributed by atoms with Gasteiger partial charge in [-0.2, -0.15) is 5.10 Å². The molecule has 50 valence electrons. The predicted molar refractivity (Wildman–Crippen MR) is 40.0 cm³/mol. The third-order valence-electron chi connectivity index (χ3n) is 0.467. The number of aromatic nitrogens is 2. The fourth-order valence-corrected chi connectivity index (χ4v) is 0.561. The number of carbonyl (C=O) groups is 1. The molecule has 0 aliphatic carbocycles. The third-order valence-corrected chi connectivity index (χ3v) is 1.07. The molecule has 0 atom stereocenters. The number of halogens is 1. The number of nitrogens with zero attached hydrogens (tertiary/aromatic N) is 1. The van der Waals surface area contributed by atoms with Crippen molar-refractivity contribution < 1.29 is 9.90 Å². The lowest BCUT2D eigenvalue weighted by Gasteiger charge is -1.62. The summed E-state index contributed by atoms with van der Waals surface area (Å²) >= 11 is 2.13. The maximum absolute atomic E-state index is 8.36. The van der Waals surface area contributed by atoms with E-state index in [1.807, 2.05) is 6.07 Å². The van der Waals surface area contributed by atoms with Crippen molar-refractivity contribution in [2.45, 2.75) is 0 Å². The standard InChI is InChI=1S/C3H3IN2.CH2O2/c4-3-1-2-5-6-3;2-1-3/h1-2H,(H,5,6);1H,(H,2,3). The lowest BCUT2D eigenvalue weighted by Crippen LogP contribution is -1.63. The molecule has 0 fully saturated rings. The Hall–Kier alpha value is -0.590. The van der Waals surface area contributed by atoms with Gasteiger partial charge in [-0.25, -0.2) is 0 Å². The Morgan fingerprint density at radius 1 is 1.89 bits per heavy atom. The number of carboxylic acid groups (broad SMARTS) is 1. The van der Waals surface area contributed by atoms with E-state index in [0.29, 0.717) is 0 Å². The number of H-pyrrole nitrogens is 1. The largest absolute Gasteiger partial charge is 0.483 e. The molecule has 0 saturated carbocycles. The molecule has 0 radical (unpaired) electrons.